The predicted octanol–water partition coefficient (Wildman–Crippen LogP) is 1.58. The zero-order valence-corrected chi connectivity index (χ0v) is 14.3. The SMILES string of the molecule is C=CCC(/C=C\C=[NH2+])=C/OCCOCC[n+]1cccc(CC=C)c1. The summed E-state index contributed by atoms with van der Waals surface area (Å²) in [5.74, 6) is 0. The van der Waals surface area contributed by atoms with Gasteiger partial charge in [0, 0.05) is 17.7 Å². The van der Waals surface area contributed by atoms with Crippen LogP contribution in [0.5, 0.6) is 0 Å². The zero-order valence-electron chi connectivity index (χ0n) is 14.3. The molecule has 0 radical (unpaired) electrons. The average molecular weight is 328 g/mol. The van der Waals surface area contributed by atoms with E-state index in [1.54, 1.807) is 12.3 Å². The van der Waals surface area contributed by atoms with Gasteiger partial charge < -0.3 is 9.47 Å². The molecule has 0 spiro atoms. The Labute approximate surface area is 144 Å². The second-order valence-corrected chi connectivity index (χ2v) is 5.16. The van der Waals surface area contributed by atoms with Gasteiger partial charge in [-0.3, -0.25) is 5.41 Å². The molecule has 0 aliphatic heterocycles. The number of aromatic nitrogens is 1. The van der Waals surface area contributed by atoms with Crippen molar-refractivity contribution in [3.8, 4) is 0 Å². The Morgan fingerprint density at radius 3 is 2.83 bits per heavy atom. The molecule has 0 saturated carbocycles. The third-order valence-corrected chi connectivity index (χ3v) is 3.18. The molecule has 4 heteroatoms. The highest BCUT2D eigenvalue weighted by Gasteiger charge is 2.01. The van der Waals surface area contributed by atoms with Crippen molar-refractivity contribution in [2.45, 2.75) is 19.4 Å². The van der Waals surface area contributed by atoms with Crippen LogP contribution in [0.2, 0.25) is 0 Å². The van der Waals surface area contributed by atoms with Gasteiger partial charge in [0.05, 0.1) is 12.9 Å². The fraction of sp³-hybridized carbons (Fsp3) is 0.300. The van der Waals surface area contributed by atoms with Crippen molar-refractivity contribution < 1.29 is 19.5 Å². The summed E-state index contributed by atoms with van der Waals surface area (Å²) in [7, 11) is 0. The molecule has 0 aliphatic rings. The van der Waals surface area contributed by atoms with E-state index in [2.05, 4.69) is 30.0 Å². The van der Waals surface area contributed by atoms with Crippen molar-refractivity contribution in [3.05, 3.63) is 79.4 Å². The van der Waals surface area contributed by atoms with Gasteiger partial charge in [0.2, 0.25) is 0 Å². The Bertz CT molecular complexity index is 577. The summed E-state index contributed by atoms with van der Waals surface area (Å²) in [4.78, 5) is 0. The van der Waals surface area contributed by atoms with Crippen LogP contribution in [-0.4, -0.2) is 26.0 Å². The molecule has 0 aliphatic carbocycles. The van der Waals surface area contributed by atoms with Crippen LogP contribution in [0.25, 0.3) is 0 Å². The van der Waals surface area contributed by atoms with Crippen LogP contribution in [0.4, 0.5) is 0 Å². The largest absolute Gasteiger partial charge is 0.498 e. The van der Waals surface area contributed by atoms with Gasteiger partial charge >= 0.3 is 0 Å². The molecular formula is C20H28N2O2+2. The van der Waals surface area contributed by atoms with Gasteiger partial charge in [-0.1, -0.05) is 12.2 Å². The second-order valence-electron chi connectivity index (χ2n) is 5.16. The van der Waals surface area contributed by atoms with E-state index >= 15 is 0 Å². The Hall–Kier alpha value is -2.46. The van der Waals surface area contributed by atoms with Gasteiger partial charge in [-0.25, -0.2) is 4.57 Å². The lowest BCUT2D eigenvalue weighted by molar-refractivity contribution is -0.698. The van der Waals surface area contributed by atoms with Crippen LogP contribution in [0.3, 0.4) is 0 Å². The van der Waals surface area contributed by atoms with Gasteiger partial charge in [0.25, 0.3) is 0 Å². The minimum absolute atomic E-state index is 0.516. The van der Waals surface area contributed by atoms with Crippen molar-refractivity contribution in [2.75, 3.05) is 19.8 Å². The molecule has 0 saturated heterocycles. The highest BCUT2D eigenvalue weighted by molar-refractivity contribution is 5.65. The number of ether oxygens (including phenoxy) is 2. The normalized spacial score (nSPS) is 11.4. The summed E-state index contributed by atoms with van der Waals surface area (Å²) in [6, 6.07) is 4.14. The third-order valence-electron chi connectivity index (χ3n) is 3.18. The summed E-state index contributed by atoms with van der Waals surface area (Å²) in [5.41, 5.74) is 2.26. The molecule has 1 aromatic heterocycles. The predicted molar refractivity (Wildman–Crippen MR) is 97.3 cm³/mol. The van der Waals surface area contributed by atoms with E-state index < -0.39 is 0 Å². The van der Waals surface area contributed by atoms with E-state index in [1.807, 2.05) is 30.5 Å². The molecule has 2 N–H and O–H groups in total. The van der Waals surface area contributed by atoms with E-state index in [1.165, 1.54) is 11.8 Å². The fourth-order valence-electron chi connectivity index (χ4n) is 2.05. The summed E-state index contributed by atoms with van der Waals surface area (Å²) < 4.78 is 13.2. The second kappa shape index (κ2) is 13.0. The molecule has 1 rings (SSSR count). The van der Waals surface area contributed by atoms with E-state index in [4.69, 9.17) is 14.9 Å². The van der Waals surface area contributed by atoms with E-state index in [-0.39, 0.29) is 0 Å². The molecule has 0 amide bonds. The molecule has 4 nitrogen and oxygen atoms in total. The Morgan fingerprint density at radius 1 is 1.21 bits per heavy atom. The molecule has 0 atom stereocenters. The Balaban J connectivity index is 2.22. The zero-order chi connectivity index (χ0) is 17.5. The van der Waals surface area contributed by atoms with Gasteiger partial charge in [0.15, 0.2) is 25.2 Å². The minimum atomic E-state index is 0.516. The minimum Gasteiger partial charge on any atom is -0.498 e. The molecule has 0 unspecified atom stereocenters. The maximum Gasteiger partial charge on any atom is 0.172 e. The topological polar surface area (TPSA) is 47.9 Å². The molecular weight excluding hydrogens is 300 g/mol. The van der Waals surface area contributed by atoms with Crippen molar-refractivity contribution in [1.29, 1.82) is 0 Å². The molecule has 0 bridgehead atoms. The lowest BCUT2D eigenvalue weighted by Gasteiger charge is -2.04. The van der Waals surface area contributed by atoms with Crippen LogP contribution in [0.1, 0.15) is 12.0 Å². The smallest absolute Gasteiger partial charge is 0.172 e. The Kier molecular flexibility index (Phi) is 10.6. The molecule has 128 valence electrons. The third kappa shape index (κ3) is 8.86. The monoisotopic (exact) mass is 328 g/mol. The first-order chi connectivity index (χ1) is 11.8. The van der Waals surface area contributed by atoms with Gasteiger partial charge in [-0.15, -0.1) is 13.2 Å². The molecule has 1 heterocycles. The highest BCUT2D eigenvalue weighted by atomic mass is 16.5. The Morgan fingerprint density at radius 2 is 2.08 bits per heavy atom. The van der Waals surface area contributed by atoms with Crippen molar-refractivity contribution >= 4 is 6.21 Å². The lowest BCUT2D eigenvalue weighted by atomic mass is 10.2. The standard InChI is InChI=1S/C20H27N2O2/c1-3-7-19-10-6-12-22(17-19)13-14-23-15-16-24-18-20(8-4-2)9-5-11-21/h3-6,9-12,17-18,21H,1-2,7-8,13-16H2/q+1/p+1/b9-5-,20-18-,21-11?. The number of allylic oxidation sites excluding steroid dienone is 5. The van der Waals surface area contributed by atoms with Crippen molar-refractivity contribution in [2.24, 2.45) is 0 Å². The summed E-state index contributed by atoms with van der Waals surface area (Å²) in [5, 5.41) is 5.32. The number of hydrogen-bond donors (Lipinski definition) is 1. The molecule has 24 heavy (non-hydrogen) atoms. The fourth-order valence-corrected chi connectivity index (χ4v) is 2.05. The van der Waals surface area contributed by atoms with Gasteiger partial charge in [-0.05, 0) is 30.6 Å². The van der Waals surface area contributed by atoms with Crippen LogP contribution in [0.15, 0.2) is 73.8 Å². The van der Waals surface area contributed by atoms with E-state index in [0.29, 0.717) is 19.8 Å². The average Bonchev–Trinajstić information content (AvgIpc) is 2.59. The first-order valence-electron chi connectivity index (χ1n) is 8.10. The van der Waals surface area contributed by atoms with Crippen molar-refractivity contribution in [1.82, 2.24) is 0 Å². The van der Waals surface area contributed by atoms with Gasteiger partial charge in [-0.2, -0.15) is 0 Å². The summed E-state index contributed by atoms with van der Waals surface area (Å²) in [6.45, 7) is 10.0. The van der Waals surface area contributed by atoms with Crippen LogP contribution in [-0.2, 0) is 22.4 Å². The highest BCUT2D eigenvalue weighted by Crippen LogP contribution is 2.04. The number of nitrogens with two attached hydrogens (primary N) is 1. The quantitative estimate of drug-likeness (QED) is 0.149. The number of rotatable bonds is 13. The van der Waals surface area contributed by atoms with Gasteiger partial charge in [0.1, 0.15) is 13.2 Å². The van der Waals surface area contributed by atoms with Crippen LogP contribution in [0, 0.1) is 0 Å². The maximum absolute atomic E-state index is 5.60. The maximum atomic E-state index is 5.60. The summed E-state index contributed by atoms with van der Waals surface area (Å²) >= 11 is 0. The first-order valence-corrected chi connectivity index (χ1v) is 8.10. The summed E-state index contributed by atoms with van der Waals surface area (Å²) in [6.07, 6.45) is 16.4. The number of hydrogen-bond acceptors (Lipinski definition) is 2. The molecule has 0 aromatic carbocycles. The molecule has 0 fully saturated rings. The van der Waals surface area contributed by atoms with E-state index in [0.717, 1.165) is 25.0 Å². The van der Waals surface area contributed by atoms with E-state index in [9.17, 15) is 0 Å². The lowest BCUT2D eigenvalue weighted by Crippen LogP contribution is -2.35. The first kappa shape index (κ1) is 19.6. The number of pyridine rings is 1. The number of nitrogens with zero attached hydrogens (tertiary/aromatic N) is 1. The van der Waals surface area contributed by atoms with Crippen molar-refractivity contribution in [3.63, 3.8) is 0 Å². The van der Waals surface area contributed by atoms with Crippen LogP contribution >= 0.6 is 0 Å². The van der Waals surface area contributed by atoms with Crippen LogP contribution < -0.4 is 9.98 Å². The molecule has 1 aromatic rings.